The summed E-state index contributed by atoms with van der Waals surface area (Å²) in [5, 5.41) is 13.4. The number of hydrogen-bond acceptors (Lipinski definition) is 3. The first kappa shape index (κ1) is 11.3. The highest BCUT2D eigenvalue weighted by molar-refractivity contribution is 7.99. The Morgan fingerprint density at radius 3 is 2.92 bits per heavy atom. The van der Waals surface area contributed by atoms with Gasteiger partial charge in [-0.15, -0.1) is 0 Å². The monoisotopic (exact) mass is 203 g/mol. The number of thioether (sulfide) groups is 1. The van der Waals surface area contributed by atoms with E-state index in [0.717, 1.165) is 11.8 Å². The fourth-order valence-corrected chi connectivity index (χ4v) is 2.71. The molecule has 0 spiro atoms. The summed E-state index contributed by atoms with van der Waals surface area (Å²) in [4.78, 5) is 0. The molecule has 1 fully saturated rings. The van der Waals surface area contributed by atoms with Gasteiger partial charge in [-0.2, -0.15) is 11.8 Å². The molecule has 1 aliphatic rings. The summed E-state index contributed by atoms with van der Waals surface area (Å²) >= 11 is 1.98. The van der Waals surface area contributed by atoms with Crippen LogP contribution in [0.15, 0.2) is 0 Å². The molecule has 2 nitrogen and oxygen atoms in total. The van der Waals surface area contributed by atoms with Crippen molar-refractivity contribution in [3.63, 3.8) is 0 Å². The molecule has 0 amide bonds. The molecule has 0 aromatic rings. The van der Waals surface area contributed by atoms with E-state index in [0.29, 0.717) is 6.04 Å². The van der Waals surface area contributed by atoms with Gasteiger partial charge in [0.25, 0.3) is 0 Å². The lowest BCUT2D eigenvalue weighted by Crippen LogP contribution is -2.38. The van der Waals surface area contributed by atoms with Crippen LogP contribution in [-0.4, -0.2) is 35.3 Å². The van der Waals surface area contributed by atoms with Gasteiger partial charge in [0.1, 0.15) is 0 Å². The van der Waals surface area contributed by atoms with Crippen LogP contribution in [0.3, 0.4) is 0 Å². The highest BCUT2D eigenvalue weighted by atomic mass is 32.2. The molecule has 0 aromatic carbocycles. The molecule has 3 heteroatoms. The van der Waals surface area contributed by atoms with Gasteiger partial charge in [-0.05, 0) is 32.4 Å². The number of aliphatic hydroxyl groups excluding tert-OH is 1. The van der Waals surface area contributed by atoms with E-state index in [1.54, 1.807) is 0 Å². The summed E-state index contributed by atoms with van der Waals surface area (Å²) in [6.45, 7) is 2.58. The van der Waals surface area contributed by atoms with Gasteiger partial charge in [-0.25, -0.2) is 0 Å². The lowest BCUT2D eigenvalue weighted by molar-refractivity contribution is 0.181. The van der Waals surface area contributed by atoms with Crippen molar-refractivity contribution in [2.24, 2.45) is 0 Å². The zero-order valence-electron chi connectivity index (χ0n) is 8.62. The second-order valence-corrected chi connectivity index (χ2v) is 5.12. The third kappa shape index (κ3) is 4.34. The average molecular weight is 203 g/mol. The zero-order chi connectivity index (χ0) is 9.68. The Kier molecular flexibility index (Phi) is 5.14. The van der Waals surface area contributed by atoms with Crippen LogP contribution in [0.25, 0.3) is 0 Å². The van der Waals surface area contributed by atoms with E-state index >= 15 is 0 Å². The van der Waals surface area contributed by atoms with Crippen LogP contribution in [0, 0.1) is 0 Å². The van der Waals surface area contributed by atoms with Crippen LogP contribution < -0.4 is 5.32 Å². The molecular formula is C10H21NOS. The van der Waals surface area contributed by atoms with E-state index in [1.807, 2.05) is 18.7 Å². The molecular weight excluding hydrogens is 182 g/mol. The van der Waals surface area contributed by atoms with Gasteiger partial charge in [0.2, 0.25) is 0 Å². The van der Waals surface area contributed by atoms with Crippen molar-refractivity contribution in [1.82, 2.24) is 5.32 Å². The lowest BCUT2D eigenvalue weighted by atomic mass is 9.95. The van der Waals surface area contributed by atoms with E-state index in [4.69, 9.17) is 5.11 Å². The Morgan fingerprint density at radius 1 is 1.54 bits per heavy atom. The standard InChI is InChI=1S/C10H21NOS/c1-8(12)7-11-9-4-3-5-10(6-9)13-2/h8-12H,3-7H2,1-2H3/t8-,9?,10?/m1/s1. The predicted octanol–water partition coefficient (Wildman–Crippen LogP) is 1.63. The molecule has 1 saturated carbocycles. The van der Waals surface area contributed by atoms with E-state index in [9.17, 15) is 0 Å². The Labute approximate surface area is 85.5 Å². The lowest BCUT2D eigenvalue weighted by Gasteiger charge is -2.29. The van der Waals surface area contributed by atoms with Gasteiger partial charge in [0, 0.05) is 17.8 Å². The Bertz CT molecular complexity index is 141. The van der Waals surface area contributed by atoms with Crippen LogP contribution in [0.1, 0.15) is 32.6 Å². The second-order valence-electron chi connectivity index (χ2n) is 3.98. The molecule has 0 aromatic heterocycles. The largest absolute Gasteiger partial charge is 0.392 e. The summed E-state index contributed by atoms with van der Waals surface area (Å²) < 4.78 is 0. The predicted molar refractivity (Wildman–Crippen MR) is 59.2 cm³/mol. The fourth-order valence-electron chi connectivity index (χ4n) is 1.88. The van der Waals surface area contributed by atoms with Crippen molar-refractivity contribution in [3.05, 3.63) is 0 Å². The maximum Gasteiger partial charge on any atom is 0.0636 e. The molecule has 0 bridgehead atoms. The van der Waals surface area contributed by atoms with Gasteiger partial charge in [-0.3, -0.25) is 0 Å². The van der Waals surface area contributed by atoms with Gasteiger partial charge in [0.15, 0.2) is 0 Å². The maximum absolute atomic E-state index is 9.14. The third-order valence-electron chi connectivity index (χ3n) is 2.66. The van der Waals surface area contributed by atoms with Crippen LogP contribution >= 0.6 is 11.8 Å². The van der Waals surface area contributed by atoms with Crippen molar-refractivity contribution in [2.75, 3.05) is 12.8 Å². The van der Waals surface area contributed by atoms with Gasteiger partial charge < -0.3 is 10.4 Å². The summed E-state index contributed by atoms with van der Waals surface area (Å²) in [5.74, 6) is 0. The summed E-state index contributed by atoms with van der Waals surface area (Å²) in [5.41, 5.74) is 0. The molecule has 13 heavy (non-hydrogen) atoms. The molecule has 3 atom stereocenters. The highest BCUT2D eigenvalue weighted by Gasteiger charge is 2.20. The first-order valence-electron chi connectivity index (χ1n) is 5.16. The first-order valence-corrected chi connectivity index (χ1v) is 6.45. The van der Waals surface area contributed by atoms with E-state index < -0.39 is 0 Å². The smallest absolute Gasteiger partial charge is 0.0636 e. The van der Waals surface area contributed by atoms with Crippen LogP contribution in [0.2, 0.25) is 0 Å². The molecule has 0 radical (unpaired) electrons. The quantitative estimate of drug-likeness (QED) is 0.728. The van der Waals surface area contributed by atoms with Crippen molar-refractivity contribution in [2.45, 2.75) is 50.0 Å². The number of hydrogen-bond donors (Lipinski definition) is 2. The molecule has 1 aliphatic carbocycles. The molecule has 0 heterocycles. The van der Waals surface area contributed by atoms with Crippen LogP contribution in [0.5, 0.6) is 0 Å². The van der Waals surface area contributed by atoms with Gasteiger partial charge >= 0.3 is 0 Å². The zero-order valence-corrected chi connectivity index (χ0v) is 9.44. The van der Waals surface area contributed by atoms with Gasteiger partial charge in [-0.1, -0.05) is 6.42 Å². The first-order chi connectivity index (χ1) is 6.22. The molecule has 2 N–H and O–H groups in total. The minimum Gasteiger partial charge on any atom is -0.392 e. The molecule has 0 aliphatic heterocycles. The van der Waals surface area contributed by atoms with Crippen molar-refractivity contribution in [3.8, 4) is 0 Å². The van der Waals surface area contributed by atoms with E-state index in [1.165, 1.54) is 25.7 Å². The second kappa shape index (κ2) is 5.89. The summed E-state index contributed by atoms with van der Waals surface area (Å²) in [6, 6.07) is 0.640. The molecule has 78 valence electrons. The molecule has 1 rings (SSSR count). The topological polar surface area (TPSA) is 32.3 Å². The van der Waals surface area contributed by atoms with Crippen LogP contribution in [0.4, 0.5) is 0 Å². The van der Waals surface area contributed by atoms with Crippen molar-refractivity contribution < 1.29 is 5.11 Å². The fraction of sp³-hybridized carbons (Fsp3) is 1.00. The summed E-state index contributed by atoms with van der Waals surface area (Å²) in [7, 11) is 0. The van der Waals surface area contributed by atoms with Gasteiger partial charge in [0.05, 0.1) is 6.10 Å². The third-order valence-corrected chi connectivity index (χ3v) is 3.76. The highest BCUT2D eigenvalue weighted by Crippen LogP contribution is 2.26. The minimum atomic E-state index is -0.213. The Balaban J connectivity index is 2.18. The maximum atomic E-state index is 9.14. The Hall–Kier alpha value is 0.270. The number of aliphatic hydroxyl groups is 1. The number of nitrogens with one attached hydrogen (secondary N) is 1. The van der Waals surface area contributed by atoms with Crippen molar-refractivity contribution in [1.29, 1.82) is 0 Å². The SMILES string of the molecule is CSC1CCCC(NC[C@@H](C)O)C1. The summed E-state index contributed by atoms with van der Waals surface area (Å²) in [6.07, 6.45) is 7.24. The van der Waals surface area contributed by atoms with E-state index in [2.05, 4.69) is 11.6 Å². The Morgan fingerprint density at radius 2 is 2.31 bits per heavy atom. The minimum absolute atomic E-state index is 0.213. The molecule has 0 saturated heterocycles. The number of rotatable bonds is 4. The average Bonchev–Trinajstić information content (AvgIpc) is 2.15. The van der Waals surface area contributed by atoms with E-state index in [-0.39, 0.29) is 6.10 Å². The normalized spacial score (nSPS) is 31.6. The molecule has 2 unspecified atom stereocenters. The van der Waals surface area contributed by atoms with Crippen LogP contribution in [-0.2, 0) is 0 Å². The van der Waals surface area contributed by atoms with Crippen molar-refractivity contribution >= 4 is 11.8 Å².